The van der Waals surface area contributed by atoms with Crippen molar-refractivity contribution < 1.29 is 17.5 Å². The smallest absolute Gasteiger partial charge is 0.240 e. The van der Waals surface area contributed by atoms with Crippen molar-refractivity contribution in [1.29, 1.82) is 0 Å². The van der Waals surface area contributed by atoms with E-state index in [4.69, 9.17) is 4.74 Å². The van der Waals surface area contributed by atoms with Crippen LogP contribution in [0.3, 0.4) is 0 Å². The molecule has 106 valence electrons. The number of benzene rings is 1. The van der Waals surface area contributed by atoms with Crippen LogP contribution in [0.25, 0.3) is 0 Å². The van der Waals surface area contributed by atoms with Crippen molar-refractivity contribution >= 4 is 10.0 Å². The fourth-order valence-corrected chi connectivity index (χ4v) is 2.74. The van der Waals surface area contributed by atoms with Gasteiger partial charge >= 0.3 is 0 Å². The molecule has 0 amide bonds. The molecule has 1 N–H and O–H groups in total. The molecule has 19 heavy (non-hydrogen) atoms. The van der Waals surface area contributed by atoms with Crippen LogP contribution in [0.2, 0.25) is 0 Å². The Morgan fingerprint density at radius 2 is 2.16 bits per heavy atom. The summed E-state index contributed by atoms with van der Waals surface area (Å²) in [5.74, 6) is 0.152. The summed E-state index contributed by atoms with van der Waals surface area (Å²) in [5.41, 5.74) is 0. The van der Waals surface area contributed by atoms with Crippen LogP contribution in [0.4, 0.5) is 4.39 Å². The minimum absolute atomic E-state index is 0.0496. The quantitative estimate of drug-likeness (QED) is 0.743. The zero-order valence-electron chi connectivity index (χ0n) is 10.6. The van der Waals surface area contributed by atoms with Gasteiger partial charge in [0.15, 0.2) is 0 Å². The van der Waals surface area contributed by atoms with Gasteiger partial charge in [-0.2, -0.15) is 0 Å². The molecule has 4 nitrogen and oxygen atoms in total. The minimum Gasteiger partial charge on any atom is -0.381 e. The van der Waals surface area contributed by atoms with Crippen molar-refractivity contribution in [2.45, 2.75) is 24.2 Å². The summed E-state index contributed by atoms with van der Waals surface area (Å²) in [6, 6.07) is 4.97. The van der Waals surface area contributed by atoms with Crippen molar-refractivity contribution in [3.63, 3.8) is 0 Å². The van der Waals surface area contributed by atoms with E-state index in [2.05, 4.69) is 4.72 Å². The van der Waals surface area contributed by atoms with Crippen LogP contribution in [0.5, 0.6) is 0 Å². The van der Waals surface area contributed by atoms with Crippen LogP contribution in [0.15, 0.2) is 29.2 Å². The van der Waals surface area contributed by atoms with E-state index in [0.717, 1.165) is 12.7 Å². The molecule has 0 heterocycles. The molecule has 1 aromatic rings. The van der Waals surface area contributed by atoms with Gasteiger partial charge in [-0.3, -0.25) is 0 Å². The first-order valence-electron chi connectivity index (χ1n) is 6.41. The lowest BCUT2D eigenvalue weighted by molar-refractivity contribution is 0.123. The average Bonchev–Trinajstić information content (AvgIpc) is 3.17. The molecule has 0 atom stereocenters. The number of hydrogen-bond donors (Lipinski definition) is 1. The highest BCUT2D eigenvalue weighted by molar-refractivity contribution is 7.89. The Labute approximate surface area is 113 Å². The molecule has 0 aliphatic heterocycles. The predicted molar refractivity (Wildman–Crippen MR) is 69.7 cm³/mol. The van der Waals surface area contributed by atoms with Crippen molar-refractivity contribution in [2.24, 2.45) is 5.92 Å². The van der Waals surface area contributed by atoms with Gasteiger partial charge in [-0.15, -0.1) is 0 Å². The number of halogens is 1. The van der Waals surface area contributed by atoms with E-state index < -0.39 is 15.8 Å². The SMILES string of the molecule is O=S(=O)(NCCCOCC1CC1)c1cccc(F)c1. The van der Waals surface area contributed by atoms with Gasteiger partial charge in [0.2, 0.25) is 10.0 Å². The molecule has 0 bridgehead atoms. The Bertz CT molecular complexity index is 514. The normalized spacial score (nSPS) is 15.6. The van der Waals surface area contributed by atoms with Crippen molar-refractivity contribution in [1.82, 2.24) is 4.72 Å². The van der Waals surface area contributed by atoms with Gasteiger partial charge in [0.25, 0.3) is 0 Å². The maximum Gasteiger partial charge on any atom is 0.240 e. The van der Waals surface area contributed by atoms with Gasteiger partial charge in [0.05, 0.1) is 4.90 Å². The van der Waals surface area contributed by atoms with E-state index >= 15 is 0 Å². The minimum atomic E-state index is -3.62. The standard InChI is InChI=1S/C13H18FNO3S/c14-12-3-1-4-13(9-12)19(16,17)15-7-2-8-18-10-11-5-6-11/h1,3-4,9,11,15H,2,5-8,10H2. The fourth-order valence-electron chi connectivity index (χ4n) is 1.63. The second-order valence-corrected chi connectivity index (χ2v) is 6.49. The number of nitrogens with one attached hydrogen (secondary N) is 1. The molecule has 0 saturated heterocycles. The lowest BCUT2D eigenvalue weighted by Crippen LogP contribution is -2.25. The van der Waals surface area contributed by atoms with Gasteiger partial charge in [0, 0.05) is 19.8 Å². The van der Waals surface area contributed by atoms with Gasteiger partial charge in [0.1, 0.15) is 5.82 Å². The third-order valence-corrected chi connectivity index (χ3v) is 4.37. The molecule has 1 aromatic carbocycles. The summed E-state index contributed by atoms with van der Waals surface area (Å²) in [5, 5.41) is 0. The van der Waals surface area contributed by atoms with E-state index in [-0.39, 0.29) is 4.90 Å². The molecule has 1 saturated carbocycles. The molecule has 6 heteroatoms. The zero-order chi connectivity index (χ0) is 13.7. The molecule has 0 aromatic heterocycles. The summed E-state index contributed by atoms with van der Waals surface area (Å²) in [6.45, 7) is 1.61. The fraction of sp³-hybridized carbons (Fsp3) is 0.538. The maximum atomic E-state index is 13.0. The Hall–Kier alpha value is -0.980. The molecular formula is C13H18FNO3S. The topological polar surface area (TPSA) is 55.4 Å². The molecule has 1 fully saturated rings. The van der Waals surface area contributed by atoms with Crippen molar-refractivity contribution in [3.8, 4) is 0 Å². The molecular weight excluding hydrogens is 269 g/mol. The second kappa shape index (κ2) is 6.45. The highest BCUT2D eigenvalue weighted by Crippen LogP contribution is 2.28. The summed E-state index contributed by atoms with van der Waals surface area (Å²) in [7, 11) is -3.62. The number of hydrogen-bond acceptors (Lipinski definition) is 3. The maximum absolute atomic E-state index is 13.0. The number of sulfonamides is 1. The molecule has 1 aliphatic rings. The van der Waals surface area contributed by atoms with Crippen molar-refractivity contribution in [3.05, 3.63) is 30.1 Å². The van der Waals surface area contributed by atoms with Crippen LogP contribution in [-0.2, 0) is 14.8 Å². The largest absolute Gasteiger partial charge is 0.381 e. The third kappa shape index (κ3) is 4.89. The van der Waals surface area contributed by atoms with E-state index in [0.29, 0.717) is 25.5 Å². The Kier molecular flexibility index (Phi) is 4.90. The van der Waals surface area contributed by atoms with Gasteiger partial charge < -0.3 is 4.74 Å². The van der Waals surface area contributed by atoms with E-state index in [1.807, 2.05) is 0 Å². The second-order valence-electron chi connectivity index (χ2n) is 4.73. The molecule has 0 radical (unpaired) electrons. The molecule has 0 unspecified atom stereocenters. The molecule has 1 aliphatic carbocycles. The lowest BCUT2D eigenvalue weighted by Gasteiger charge is -2.07. The van der Waals surface area contributed by atoms with E-state index in [1.54, 1.807) is 0 Å². The molecule has 0 spiro atoms. The number of ether oxygens (including phenoxy) is 1. The summed E-state index contributed by atoms with van der Waals surface area (Å²) >= 11 is 0. The predicted octanol–water partition coefficient (Wildman–Crippen LogP) is 1.92. The van der Waals surface area contributed by atoms with Crippen LogP contribution >= 0.6 is 0 Å². The zero-order valence-corrected chi connectivity index (χ0v) is 11.5. The number of rotatable bonds is 8. The lowest BCUT2D eigenvalue weighted by atomic mass is 10.4. The first-order valence-corrected chi connectivity index (χ1v) is 7.89. The Balaban J connectivity index is 1.71. The van der Waals surface area contributed by atoms with Crippen LogP contribution < -0.4 is 4.72 Å². The van der Waals surface area contributed by atoms with Crippen LogP contribution in [-0.4, -0.2) is 28.2 Å². The van der Waals surface area contributed by atoms with Crippen molar-refractivity contribution in [2.75, 3.05) is 19.8 Å². The summed E-state index contributed by atoms with van der Waals surface area (Å²) < 4.78 is 44.4. The molecule has 2 rings (SSSR count). The monoisotopic (exact) mass is 287 g/mol. The Morgan fingerprint density at radius 1 is 1.37 bits per heavy atom. The summed E-state index contributed by atoms with van der Waals surface area (Å²) in [4.78, 5) is -0.0496. The highest BCUT2D eigenvalue weighted by Gasteiger charge is 2.21. The first kappa shape index (κ1) is 14.4. The van der Waals surface area contributed by atoms with Gasteiger partial charge in [-0.1, -0.05) is 6.07 Å². The van der Waals surface area contributed by atoms with Crippen LogP contribution in [0.1, 0.15) is 19.3 Å². The van der Waals surface area contributed by atoms with E-state index in [1.165, 1.54) is 31.0 Å². The van der Waals surface area contributed by atoms with Crippen LogP contribution in [0, 0.1) is 11.7 Å². The summed E-state index contributed by atoms with van der Waals surface area (Å²) in [6.07, 6.45) is 3.10. The van der Waals surface area contributed by atoms with Gasteiger partial charge in [-0.25, -0.2) is 17.5 Å². The third-order valence-electron chi connectivity index (χ3n) is 2.91. The highest BCUT2D eigenvalue weighted by atomic mass is 32.2. The first-order chi connectivity index (χ1) is 9.08. The average molecular weight is 287 g/mol. The van der Waals surface area contributed by atoms with E-state index in [9.17, 15) is 12.8 Å². The Morgan fingerprint density at radius 3 is 2.84 bits per heavy atom. The van der Waals surface area contributed by atoms with Gasteiger partial charge in [-0.05, 0) is 43.4 Å².